The minimum absolute atomic E-state index is 0.0288. The molecule has 0 saturated heterocycles. The van der Waals surface area contributed by atoms with Gasteiger partial charge in [-0.25, -0.2) is 9.59 Å². The van der Waals surface area contributed by atoms with E-state index in [-0.39, 0.29) is 13.2 Å². The van der Waals surface area contributed by atoms with Crippen LogP contribution in [0.2, 0.25) is 0 Å². The van der Waals surface area contributed by atoms with Crippen LogP contribution in [0.5, 0.6) is 0 Å². The van der Waals surface area contributed by atoms with Crippen LogP contribution in [0.1, 0.15) is 13.8 Å². The zero-order valence-corrected chi connectivity index (χ0v) is 7.87. The molecule has 0 fully saturated rings. The molecule has 0 aliphatic rings. The third-order valence-corrected chi connectivity index (χ3v) is 1.13. The molecular formula is C8H11FO5. The van der Waals surface area contributed by atoms with E-state index in [1.165, 1.54) is 13.8 Å². The zero-order valence-electron chi connectivity index (χ0n) is 7.87. The number of hydrogen-bond donors (Lipinski definition) is 1. The third kappa shape index (κ3) is 3.42. The molecule has 80 valence electrons. The maximum absolute atomic E-state index is 12.8. The molecule has 14 heavy (non-hydrogen) atoms. The molecule has 0 spiro atoms. The molecule has 0 aromatic carbocycles. The molecule has 0 aliphatic heterocycles. The number of carbonyl (C=O) groups excluding carboxylic acids is 2. The highest BCUT2D eigenvalue weighted by molar-refractivity contribution is 5.96. The largest absolute Gasteiger partial charge is 0.500 e. The fourth-order valence-corrected chi connectivity index (χ4v) is 0.580. The monoisotopic (exact) mass is 206 g/mol. The Hall–Kier alpha value is -1.59. The molecule has 0 aliphatic carbocycles. The van der Waals surface area contributed by atoms with Gasteiger partial charge in [0.1, 0.15) is 0 Å². The van der Waals surface area contributed by atoms with E-state index in [9.17, 15) is 14.0 Å². The van der Waals surface area contributed by atoms with Crippen molar-refractivity contribution in [3.05, 3.63) is 11.6 Å². The molecule has 1 N–H and O–H groups in total. The highest BCUT2D eigenvalue weighted by Crippen LogP contribution is 2.07. The van der Waals surface area contributed by atoms with Crippen molar-refractivity contribution < 1.29 is 28.6 Å². The first-order valence-electron chi connectivity index (χ1n) is 3.97. The van der Waals surface area contributed by atoms with Crippen LogP contribution in [0.4, 0.5) is 4.39 Å². The van der Waals surface area contributed by atoms with Crippen molar-refractivity contribution in [2.24, 2.45) is 0 Å². The Bertz CT molecular complexity index is 232. The summed E-state index contributed by atoms with van der Waals surface area (Å²) in [5.41, 5.74) is 0. The zero-order chi connectivity index (χ0) is 11.1. The van der Waals surface area contributed by atoms with Gasteiger partial charge in [-0.2, -0.15) is 4.39 Å². The topological polar surface area (TPSA) is 72.8 Å². The molecule has 0 atom stereocenters. The summed E-state index contributed by atoms with van der Waals surface area (Å²) in [6, 6.07) is 0. The van der Waals surface area contributed by atoms with Crippen molar-refractivity contribution in [3.8, 4) is 0 Å². The number of aliphatic hydroxyl groups is 1. The summed E-state index contributed by atoms with van der Waals surface area (Å²) in [5, 5.41) is 8.84. The minimum Gasteiger partial charge on any atom is -0.500 e. The second kappa shape index (κ2) is 5.95. The lowest BCUT2D eigenvalue weighted by Gasteiger charge is -2.02. The van der Waals surface area contributed by atoms with Crippen LogP contribution in [0.25, 0.3) is 0 Å². The smallest absolute Gasteiger partial charge is 0.376 e. The van der Waals surface area contributed by atoms with Crippen molar-refractivity contribution in [2.45, 2.75) is 13.8 Å². The first-order valence-corrected chi connectivity index (χ1v) is 3.97. The van der Waals surface area contributed by atoms with E-state index in [1.807, 2.05) is 0 Å². The van der Waals surface area contributed by atoms with Crippen LogP contribution in [-0.4, -0.2) is 30.3 Å². The van der Waals surface area contributed by atoms with Crippen molar-refractivity contribution >= 4 is 11.9 Å². The van der Waals surface area contributed by atoms with Gasteiger partial charge in [0.15, 0.2) is 0 Å². The van der Waals surface area contributed by atoms with Gasteiger partial charge in [-0.05, 0) is 13.8 Å². The maximum atomic E-state index is 12.8. The summed E-state index contributed by atoms with van der Waals surface area (Å²) in [4.78, 5) is 21.4. The number of esters is 2. The van der Waals surface area contributed by atoms with Gasteiger partial charge < -0.3 is 14.6 Å². The fraction of sp³-hybridized carbons (Fsp3) is 0.500. The Morgan fingerprint density at radius 2 is 1.57 bits per heavy atom. The predicted molar refractivity (Wildman–Crippen MR) is 44.0 cm³/mol. The molecule has 0 heterocycles. The van der Waals surface area contributed by atoms with E-state index >= 15 is 0 Å². The van der Waals surface area contributed by atoms with Crippen LogP contribution in [0, 0.1) is 0 Å². The average Bonchev–Trinajstić information content (AvgIpc) is 2.16. The van der Waals surface area contributed by atoms with Gasteiger partial charge in [0, 0.05) is 0 Å². The van der Waals surface area contributed by atoms with E-state index in [1.54, 1.807) is 0 Å². The van der Waals surface area contributed by atoms with Crippen LogP contribution < -0.4 is 0 Å². The van der Waals surface area contributed by atoms with E-state index in [2.05, 4.69) is 9.47 Å². The molecular weight excluding hydrogens is 195 g/mol. The molecule has 0 radical (unpaired) electrons. The average molecular weight is 206 g/mol. The highest BCUT2D eigenvalue weighted by Gasteiger charge is 2.22. The molecule has 0 amide bonds. The second-order valence-corrected chi connectivity index (χ2v) is 2.10. The molecule has 5 nitrogen and oxygen atoms in total. The molecule has 0 rings (SSSR count). The first-order chi connectivity index (χ1) is 6.54. The van der Waals surface area contributed by atoms with Gasteiger partial charge in [0.2, 0.25) is 5.76 Å². The summed E-state index contributed by atoms with van der Waals surface area (Å²) < 4.78 is 21.3. The van der Waals surface area contributed by atoms with Gasteiger partial charge >= 0.3 is 11.9 Å². The fourth-order valence-electron chi connectivity index (χ4n) is 0.580. The molecule has 0 saturated carbocycles. The van der Waals surface area contributed by atoms with Gasteiger partial charge in [-0.3, -0.25) is 0 Å². The summed E-state index contributed by atoms with van der Waals surface area (Å²) in [6.45, 7) is 2.86. The minimum atomic E-state index is -1.65. The Morgan fingerprint density at radius 1 is 1.14 bits per heavy atom. The maximum Gasteiger partial charge on any atom is 0.376 e. The lowest BCUT2D eigenvalue weighted by molar-refractivity contribution is -0.145. The van der Waals surface area contributed by atoms with E-state index in [0.717, 1.165) is 0 Å². The number of hydrogen-bond acceptors (Lipinski definition) is 5. The lowest BCUT2D eigenvalue weighted by Crippen LogP contribution is -2.14. The summed E-state index contributed by atoms with van der Waals surface area (Å²) in [5.74, 6) is -5.70. The lowest BCUT2D eigenvalue weighted by atomic mass is 10.4. The van der Waals surface area contributed by atoms with Gasteiger partial charge in [0.05, 0.1) is 13.2 Å². The number of aliphatic hydroxyl groups excluding tert-OH is 1. The molecule has 0 aromatic rings. The standard InChI is InChI=1S/C8H11FO5/c1-3-13-7(11)5(9)6(10)8(12)14-4-2/h10H,3-4H2,1-2H3. The third-order valence-electron chi connectivity index (χ3n) is 1.13. The van der Waals surface area contributed by atoms with Gasteiger partial charge in [-0.1, -0.05) is 0 Å². The number of carbonyl (C=O) groups is 2. The Labute approximate surface area is 80.1 Å². The van der Waals surface area contributed by atoms with Crippen molar-refractivity contribution in [1.29, 1.82) is 0 Å². The quantitative estimate of drug-likeness (QED) is 0.419. The number of rotatable bonds is 4. The van der Waals surface area contributed by atoms with Crippen molar-refractivity contribution in [2.75, 3.05) is 13.2 Å². The van der Waals surface area contributed by atoms with Gasteiger partial charge in [-0.15, -0.1) is 0 Å². The Kier molecular flexibility index (Phi) is 5.28. The van der Waals surface area contributed by atoms with Crippen LogP contribution in [0.15, 0.2) is 11.6 Å². The molecule has 0 unspecified atom stereocenters. The summed E-state index contributed by atoms with van der Waals surface area (Å²) in [6.07, 6.45) is 0. The number of ether oxygens (including phenoxy) is 2. The van der Waals surface area contributed by atoms with E-state index in [0.29, 0.717) is 0 Å². The highest BCUT2D eigenvalue weighted by atomic mass is 19.1. The van der Waals surface area contributed by atoms with E-state index < -0.39 is 23.5 Å². The normalized spacial score (nSPS) is 11.6. The van der Waals surface area contributed by atoms with E-state index in [4.69, 9.17) is 5.11 Å². The molecule has 6 heteroatoms. The molecule has 0 bridgehead atoms. The summed E-state index contributed by atoms with van der Waals surface area (Å²) in [7, 11) is 0. The Morgan fingerprint density at radius 3 is 2.00 bits per heavy atom. The SMILES string of the molecule is CCOC(=O)C(O)=C(F)C(=O)OCC. The first kappa shape index (κ1) is 12.4. The molecule has 0 aromatic heterocycles. The van der Waals surface area contributed by atoms with Crippen LogP contribution in [0.3, 0.4) is 0 Å². The van der Waals surface area contributed by atoms with Crippen LogP contribution in [-0.2, 0) is 19.1 Å². The second-order valence-electron chi connectivity index (χ2n) is 2.10. The Balaban J connectivity index is 4.57. The predicted octanol–water partition coefficient (Wildman–Crippen LogP) is 0.852. The number of halogens is 1. The van der Waals surface area contributed by atoms with Crippen molar-refractivity contribution in [1.82, 2.24) is 0 Å². The van der Waals surface area contributed by atoms with Crippen LogP contribution >= 0.6 is 0 Å². The van der Waals surface area contributed by atoms with Crippen molar-refractivity contribution in [3.63, 3.8) is 0 Å². The summed E-state index contributed by atoms with van der Waals surface area (Å²) >= 11 is 0. The van der Waals surface area contributed by atoms with Gasteiger partial charge in [0.25, 0.3) is 5.83 Å².